The molecule has 0 fully saturated rings. The van der Waals surface area contributed by atoms with Crippen molar-refractivity contribution in [1.82, 2.24) is 0 Å². The van der Waals surface area contributed by atoms with Crippen LogP contribution < -0.4 is 0 Å². The van der Waals surface area contributed by atoms with Crippen molar-refractivity contribution in [2.24, 2.45) is 0 Å². The maximum atomic E-state index is 9.67. The molecule has 0 unspecified atom stereocenters. The van der Waals surface area contributed by atoms with Crippen LogP contribution in [-0.4, -0.2) is 6.68 Å². The number of hydrogen-bond acceptors (Lipinski definition) is 0. The maximum absolute atomic E-state index is 9.67. The molecule has 0 saturated heterocycles. The zero-order valence-electron chi connectivity index (χ0n) is 2.01. The minimum Gasteiger partial charge on any atom is -0.174 e. The summed E-state index contributed by atoms with van der Waals surface area (Å²) in [6, 6.07) is 0. The van der Waals surface area contributed by atoms with E-state index in [0.29, 0.717) is 0 Å². The zero-order valence-corrected chi connectivity index (χ0v) is 2.95. The van der Waals surface area contributed by atoms with E-state index in [1.807, 2.05) is 0 Å². The molecule has 0 aromatic heterocycles. The summed E-state index contributed by atoms with van der Waals surface area (Å²) in [6.45, 7) is -3.67. The first kappa shape index (κ1) is 9.00. The third-order valence-corrected chi connectivity index (χ3v) is 0. The van der Waals surface area contributed by atoms with Gasteiger partial charge in [0, 0.05) is 0 Å². The van der Waals surface area contributed by atoms with Gasteiger partial charge in [-0.1, -0.05) is 0 Å². The normalized spacial score (nSPS) is 7.20. The van der Waals surface area contributed by atoms with Crippen molar-refractivity contribution in [3.8, 4) is 0 Å². The average Bonchev–Trinajstić information content (AvgIpc) is 0.811. The molecule has 0 heterocycles. The van der Waals surface area contributed by atoms with E-state index in [0.717, 1.165) is 0 Å². The van der Waals surface area contributed by atoms with Gasteiger partial charge in [0.1, 0.15) is 0 Å². The molecule has 4 heteroatoms. The van der Waals surface area contributed by atoms with Crippen LogP contribution in [0.3, 0.4) is 0 Å². The van der Waals surface area contributed by atoms with E-state index >= 15 is 0 Å². The van der Waals surface area contributed by atoms with Gasteiger partial charge in [-0.25, -0.2) is 0 Å². The van der Waals surface area contributed by atoms with Crippen LogP contribution in [0.5, 0.6) is 0 Å². The van der Waals surface area contributed by atoms with Crippen molar-refractivity contribution < 1.29 is 30.2 Å². The Hall–Kier alpha value is 0.309. The predicted octanol–water partition coefficient (Wildman–Crippen LogP) is 1.18. The molecule has 0 amide bonds. The standard InChI is InChI=1S/CHF3.Cu/c2-1(3)4;/h1H;/q;+2. The fourth-order valence-corrected chi connectivity index (χ4v) is 0. The molecule has 0 nitrogen and oxygen atoms in total. The smallest absolute Gasteiger partial charge is 0.174 e. The zero-order chi connectivity index (χ0) is 3.58. The Morgan fingerprint density at radius 3 is 1.00 bits per heavy atom. The van der Waals surface area contributed by atoms with Crippen LogP contribution in [0.25, 0.3) is 0 Å². The molecule has 0 aromatic rings. The quantitative estimate of drug-likeness (QED) is 0.436. The van der Waals surface area contributed by atoms with Crippen molar-refractivity contribution in [3.63, 3.8) is 0 Å². The summed E-state index contributed by atoms with van der Waals surface area (Å²) in [4.78, 5) is 0. The predicted molar refractivity (Wildman–Crippen MR) is 7.11 cm³/mol. The Morgan fingerprint density at radius 2 is 1.00 bits per heavy atom. The maximum Gasteiger partial charge on any atom is 2.00 e. The van der Waals surface area contributed by atoms with E-state index in [2.05, 4.69) is 0 Å². The minimum atomic E-state index is -3.67. The van der Waals surface area contributed by atoms with Crippen LogP contribution in [0, 0.1) is 0 Å². The van der Waals surface area contributed by atoms with Gasteiger partial charge in [-0.15, -0.1) is 0 Å². The van der Waals surface area contributed by atoms with Gasteiger partial charge in [0.05, 0.1) is 0 Å². The Balaban J connectivity index is 0. The number of halogens is 3. The van der Waals surface area contributed by atoms with E-state index in [9.17, 15) is 13.2 Å². The van der Waals surface area contributed by atoms with Crippen molar-refractivity contribution in [2.75, 3.05) is 0 Å². The first-order valence-electron chi connectivity index (χ1n) is 0.655. The molecule has 0 atom stereocenters. The van der Waals surface area contributed by atoms with Crippen LogP contribution >= 0.6 is 0 Å². The minimum absolute atomic E-state index is 0. The fourth-order valence-electron chi connectivity index (χ4n) is 0. The van der Waals surface area contributed by atoms with E-state index < -0.39 is 6.68 Å². The summed E-state index contributed by atoms with van der Waals surface area (Å²) in [6.07, 6.45) is 0. The SMILES string of the molecule is FC(F)F.[Cu+2]. The van der Waals surface area contributed by atoms with Crippen LogP contribution in [0.1, 0.15) is 0 Å². The van der Waals surface area contributed by atoms with Crippen LogP contribution in [0.15, 0.2) is 0 Å². The second-order valence-corrected chi connectivity index (χ2v) is 0.247. The Kier molecular flexibility index (Phi) is 7.76. The van der Waals surface area contributed by atoms with Gasteiger partial charge >= 0.3 is 23.7 Å². The molecule has 5 heavy (non-hydrogen) atoms. The summed E-state index contributed by atoms with van der Waals surface area (Å²) in [7, 11) is 0. The van der Waals surface area contributed by atoms with Gasteiger partial charge in [0.2, 0.25) is 0 Å². The van der Waals surface area contributed by atoms with Crippen molar-refractivity contribution in [2.45, 2.75) is 6.68 Å². The van der Waals surface area contributed by atoms with Crippen molar-refractivity contribution in [3.05, 3.63) is 0 Å². The van der Waals surface area contributed by atoms with Gasteiger partial charge in [-0.3, -0.25) is 0 Å². The fraction of sp³-hybridized carbons (Fsp3) is 1.00. The summed E-state index contributed by atoms with van der Waals surface area (Å²) >= 11 is 0. The van der Waals surface area contributed by atoms with E-state index in [1.165, 1.54) is 0 Å². The van der Waals surface area contributed by atoms with Crippen molar-refractivity contribution >= 4 is 0 Å². The average molecular weight is 134 g/mol. The number of hydrogen-bond donors (Lipinski definition) is 0. The molecule has 0 aliphatic rings. The molecule has 0 aliphatic carbocycles. The first-order chi connectivity index (χ1) is 1.73. The largest absolute Gasteiger partial charge is 2.00 e. The molecule has 0 bridgehead atoms. The molecule has 35 valence electrons. The molecular formula is CHCuF3+2. The van der Waals surface area contributed by atoms with Crippen LogP contribution in [0.2, 0.25) is 0 Å². The second kappa shape index (κ2) is 4.31. The van der Waals surface area contributed by atoms with Gasteiger partial charge in [0.25, 0.3) is 0 Å². The third kappa shape index (κ3) is 240. The van der Waals surface area contributed by atoms with Gasteiger partial charge < -0.3 is 0 Å². The summed E-state index contributed by atoms with van der Waals surface area (Å²) in [5, 5.41) is 0. The van der Waals surface area contributed by atoms with Crippen molar-refractivity contribution in [1.29, 1.82) is 0 Å². The van der Waals surface area contributed by atoms with E-state index in [-0.39, 0.29) is 17.1 Å². The van der Waals surface area contributed by atoms with E-state index in [1.54, 1.807) is 0 Å². The molecule has 0 rings (SSSR count). The Labute approximate surface area is 37.8 Å². The van der Waals surface area contributed by atoms with Gasteiger partial charge in [0.15, 0.2) is 0 Å². The molecule has 0 saturated carbocycles. The molecule has 0 N–H and O–H groups in total. The number of rotatable bonds is 0. The molecule has 0 aromatic carbocycles. The summed E-state index contributed by atoms with van der Waals surface area (Å²) < 4.78 is 29.0. The summed E-state index contributed by atoms with van der Waals surface area (Å²) in [5.41, 5.74) is 0. The van der Waals surface area contributed by atoms with E-state index in [4.69, 9.17) is 0 Å². The first-order valence-corrected chi connectivity index (χ1v) is 0.655. The monoisotopic (exact) mass is 133 g/mol. The molecule has 0 spiro atoms. The van der Waals surface area contributed by atoms with Crippen LogP contribution in [-0.2, 0) is 17.1 Å². The summed E-state index contributed by atoms with van der Waals surface area (Å²) in [5.74, 6) is 0. The third-order valence-electron chi connectivity index (χ3n) is 0. The molecular weight excluding hydrogens is 133 g/mol. The Morgan fingerprint density at radius 1 is 1.00 bits per heavy atom. The topological polar surface area (TPSA) is 0 Å². The molecule has 1 radical (unpaired) electrons. The van der Waals surface area contributed by atoms with Crippen LogP contribution in [0.4, 0.5) is 13.2 Å². The Bertz CT molecular complexity index is 11.6. The molecule has 0 aliphatic heterocycles. The van der Waals surface area contributed by atoms with Gasteiger partial charge in [-0.2, -0.15) is 13.2 Å². The van der Waals surface area contributed by atoms with Gasteiger partial charge in [-0.05, 0) is 0 Å². The second-order valence-electron chi connectivity index (χ2n) is 0.247. The number of alkyl halides is 3.